The van der Waals surface area contributed by atoms with E-state index in [0.717, 1.165) is 28.3 Å². The van der Waals surface area contributed by atoms with Crippen LogP contribution in [0.15, 0.2) is 58.7 Å². The molecule has 1 unspecified atom stereocenters. The molecule has 2 aromatic rings. The van der Waals surface area contributed by atoms with Crippen LogP contribution in [0, 0.1) is 17.2 Å². The molecule has 3 atom stereocenters. The first-order chi connectivity index (χ1) is 15.5. The van der Waals surface area contributed by atoms with Crippen LogP contribution in [0.25, 0.3) is 0 Å². The maximum atomic E-state index is 13.4. The molecule has 0 saturated carbocycles. The van der Waals surface area contributed by atoms with Gasteiger partial charge in [-0.15, -0.1) is 0 Å². The molecule has 0 spiro atoms. The van der Waals surface area contributed by atoms with Crippen LogP contribution in [0.2, 0.25) is 0 Å². The second-order valence-electron chi connectivity index (χ2n) is 8.11. The number of aliphatic imine (C=N–C) groups is 1. The van der Waals surface area contributed by atoms with Gasteiger partial charge in [0.05, 0.1) is 33.3 Å². The van der Waals surface area contributed by atoms with Crippen molar-refractivity contribution in [3.8, 4) is 23.3 Å². The second kappa shape index (κ2) is 8.88. The maximum absolute atomic E-state index is 13.4. The van der Waals surface area contributed by atoms with Crippen molar-refractivity contribution in [3.63, 3.8) is 0 Å². The molecule has 0 bridgehead atoms. The fourth-order valence-electron chi connectivity index (χ4n) is 4.74. The number of benzene rings is 2. The Morgan fingerprint density at radius 2 is 1.62 bits per heavy atom. The Kier molecular flexibility index (Phi) is 6.00. The van der Waals surface area contributed by atoms with Gasteiger partial charge in [0.15, 0.2) is 17.3 Å². The Labute approximate surface area is 188 Å². The summed E-state index contributed by atoms with van der Waals surface area (Å²) in [7, 11) is 4.79. The molecule has 0 amide bonds. The quantitative estimate of drug-likeness (QED) is 0.680. The van der Waals surface area contributed by atoms with E-state index in [4.69, 9.17) is 19.2 Å². The van der Waals surface area contributed by atoms with Gasteiger partial charge in [-0.1, -0.05) is 18.2 Å². The molecule has 6 nitrogen and oxygen atoms in total. The summed E-state index contributed by atoms with van der Waals surface area (Å²) in [5.41, 5.74) is 4.11. The van der Waals surface area contributed by atoms with Gasteiger partial charge in [-0.3, -0.25) is 9.79 Å². The summed E-state index contributed by atoms with van der Waals surface area (Å²) in [5, 5.41) is 9.94. The van der Waals surface area contributed by atoms with Crippen LogP contribution in [0.5, 0.6) is 17.2 Å². The van der Waals surface area contributed by atoms with Gasteiger partial charge in [0.2, 0.25) is 0 Å². The summed E-state index contributed by atoms with van der Waals surface area (Å²) >= 11 is 0. The standard InChI is InChI=1S/C26H26N2O4/c1-15-20(14-27)25(17-7-10-23(31-3)24(13-17)32-4)26-21(28-15)11-18(12-22(26)29)16-5-8-19(30-2)9-6-16/h5-10,13,18,20,25H,11-12H2,1-4H3/t18-,20?,25-/m0/s1. The third-order valence-corrected chi connectivity index (χ3v) is 6.38. The van der Waals surface area contributed by atoms with Crippen molar-refractivity contribution < 1.29 is 19.0 Å². The molecule has 164 valence electrons. The van der Waals surface area contributed by atoms with Gasteiger partial charge >= 0.3 is 0 Å². The minimum atomic E-state index is -0.506. The lowest BCUT2D eigenvalue weighted by molar-refractivity contribution is -0.116. The molecule has 32 heavy (non-hydrogen) atoms. The molecule has 0 radical (unpaired) electrons. The minimum Gasteiger partial charge on any atom is -0.497 e. The van der Waals surface area contributed by atoms with Gasteiger partial charge in [0.25, 0.3) is 0 Å². The first kappa shape index (κ1) is 21.6. The van der Waals surface area contributed by atoms with Crippen molar-refractivity contribution in [1.82, 2.24) is 0 Å². The zero-order valence-corrected chi connectivity index (χ0v) is 18.7. The van der Waals surface area contributed by atoms with Gasteiger partial charge in [-0.2, -0.15) is 5.26 Å². The van der Waals surface area contributed by atoms with Crippen molar-refractivity contribution in [2.24, 2.45) is 10.9 Å². The lowest BCUT2D eigenvalue weighted by Gasteiger charge is -2.35. The van der Waals surface area contributed by atoms with E-state index in [1.165, 1.54) is 0 Å². The predicted octanol–water partition coefficient (Wildman–Crippen LogP) is 4.81. The largest absolute Gasteiger partial charge is 0.497 e. The van der Waals surface area contributed by atoms with Gasteiger partial charge < -0.3 is 14.2 Å². The number of ether oxygens (including phenoxy) is 3. The van der Waals surface area contributed by atoms with Crippen LogP contribution >= 0.6 is 0 Å². The highest BCUT2D eigenvalue weighted by Crippen LogP contribution is 2.47. The maximum Gasteiger partial charge on any atom is 0.161 e. The first-order valence-corrected chi connectivity index (χ1v) is 10.6. The van der Waals surface area contributed by atoms with Gasteiger partial charge in [-0.25, -0.2) is 0 Å². The molecule has 4 rings (SSSR count). The third kappa shape index (κ3) is 3.75. The highest BCUT2D eigenvalue weighted by atomic mass is 16.5. The van der Waals surface area contributed by atoms with Gasteiger partial charge in [0, 0.05) is 29.3 Å². The zero-order chi connectivity index (χ0) is 22.8. The smallest absolute Gasteiger partial charge is 0.161 e. The number of Topliss-reactive ketones (excluding diaryl/α,β-unsaturated/α-hetero) is 1. The fourth-order valence-corrected chi connectivity index (χ4v) is 4.74. The number of carbonyl (C=O) groups is 1. The molecule has 1 heterocycles. The highest BCUT2D eigenvalue weighted by Gasteiger charge is 2.41. The summed E-state index contributed by atoms with van der Waals surface area (Å²) in [5.74, 6) is 1.17. The molecule has 0 fully saturated rings. The highest BCUT2D eigenvalue weighted by molar-refractivity contribution is 6.03. The van der Waals surface area contributed by atoms with Crippen molar-refractivity contribution >= 4 is 11.5 Å². The molecular formula is C26H26N2O4. The molecule has 0 aromatic heterocycles. The van der Waals surface area contributed by atoms with E-state index in [-0.39, 0.29) is 17.6 Å². The monoisotopic (exact) mass is 430 g/mol. The van der Waals surface area contributed by atoms with Crippen LogP contribution in [-0.4, -0.2) is 32.8 Å². The van der Waals surface area contributed by atoms with Crippen LogP contribution in [-0.2, 0) is 4.79 Å². The second-order valence-corrected chi connectivity index (χ2v) is 8.11. The Bertz CT molecular complexity index is 1140. The number of nitrogens with zero attached hydrogens (tertiary/aromatic N) is 2. The topological polar surface area (TPSA) is 80.9 Å². The van der Waals surface area contributed by atoms with Crippen LogP contribution < -0.4 is 14.2 Å². The SMILES string of the molecule is COc1ccc([C@@H]2CC(=O)C3=C(C2)N=C(C)C(C#N)[C@@H]3c2ccc(OC)c(OC)c2)cc1. The number of rotatable bonds is 5. The van der Waals surface area contributed by atoms with E-state index < -0.39 is 5.92 Å². The average Bonchev–Trinajstić information content (AvgIpc) is 2.82. The van der Waals surface area contributed by atoms with E-state index >= 15 is 0 Å². The number of nitriles is 1. The summed E-state index contributed by atoms with van der Waals surface area (Å²) < 4.78 is 16.1. The Morgan fingerprint density at radius 1 is 0.938 bits per heavy atom. The molecule has 2 aliphatic rings. The molecule has 6 heteroatoms. The van der Waals surface area contributed by atoms with Crippen LogP contribution in [0.3, 0.4) is 0 Å². The fraction of sp³-hybridized carbons (Fsp3) is 0.346. The Morgan fingerprint density at radius 3 is 2.25 bits per heavy atom. The number of hydrogen-bond acceptors (Lipinski definition) is 6. The molecule has 1 aliphatic carbocycles. The average molecular weight is 431 g/mol. The number of hydrogen-bond donors (Lipinski definition) is 0. The zero-order valence-electron chi connectivity index (χ0n) is 18.7. The van der Waals surface area contributed by atoms with Crippen LogP contribution in [0.4, 0.5) is 0 Å². The van der Waals surface area contributed by atoms with E-state index in [1.807, 2.05) is 49.4 Å². The number of carbonyl (C=O) groups excluding carboxylic acids is 1. The lowest BCUT2D eigenvalue weighted by Crippen LogP contribution is -2.32. The Hall–Kier alpha value is -3.59. The number of methoxy groups -OCH3 is 3. The normalized spacial score (nSPS) is 22.5. The molecule has 0 saturated heterocycles. The lowest BCUT2D eigenvalue weighted by atomic mass is 9.69. The van der Waals surface area contributed by atoms with Crippen molar-refractivity contribution in [2.75, 3.05) is 21.3 Å². The molecular weight excluding hydrogens is 404 g/mol. The third-order valence-electron chi connectivity index (χ3n) is 6.38. The number of allylic oxidation sites excluding steroid dienone is 2. The van der Waals surface area contributed by atoms with E-state index in [0.29, 0.717) is 29.9 Å². The molecule has 2 aromatic carbocycles. The Balaban J connectivity index is 1.76. The molecule has 0 N–H and O–H groups in total. The number of ketones is 1. The summed E-state index contributed by atoms with van der Waals surface area (Å²) in [6.45, 7) is 1.87. The minimum absolute atomic E-state index is 0.0448. The molecule has 1 aliphatic heterocycles. The van der Waals surface area contributed by atoms with Crippen molar-refractivity contribution in [2.45, 2.75) is 31.6 Å². The van der Waals surface area contributed by atoms with E-state index in [2.05, 4.69) is 6.07 Å². The van der Waals surface area contributed by atoms with Gasteiger partial charge in [-0.05, 0) is 54.7 Å². The van der Waals surface area contributed by atoms with Crippen molar-refractivity contribution in [3.05, 3.63) is 64.9 Å². The summed E-state index contributed by atoms with van der Waals surface area (Å²) in [4.78, 5) is 18.2. The van der Waals surface area contributed by atoms with Gasteiger partial charge in [0.1, 0.15) is 5.75 Å². The van der Waals surface area contributed by atoms with E-state index in [1.54, 1.807) is 21.3 Å². The van der Waals surface area contributed by atoms with Crippen molar-refractivity contribution in [1.29, 1.82) is 5.26 Å². The summed E-state index contributed by atoms with van der Waals surface area (Å²) in [6, 6.07) is 15.8. The van der Waals surface area contributed by atoms with Crippen LogP contribution in [0.1, 0.15) is 42.7 Å². The predicted molar refractivity (Wildman–Crippen MR) is 122 cm³/mol. The summed E-state index contributed by atoms with van der Waals surface area (Å²) in [6.07, 6.45) is 1.05. The van der Waals surface area contributed by atoms with E-state index in [9.17, 15) is 10.1 Å². The first-order valence-electron chi connectivity index (χ1n) is 10.6.